The number of fused-ring (bicyclic) bond motifs is 1. The van der Waals surface area contributed by atoms with Crippen molar-refractivity contribution in [3.8, 4) is 17.2 Å². The van der Waals surface area contributed by atoms with Gasteiger partial charge in [0.25, 0.3) is 11.8 Å². The van der Waals surface area contributed by atoms with Crippen LogP contribution in [0.25, 0.3) is 16.6 Å². The minimum Gasteiger partial charge on any atom is -0.493 e. The Morgan fingerprint density at radius 3 is 2.16 bits per heavy atom. The maximum absolute atomic E-state index is 13.8. The molecule has 0 fully saturated rings. The van der Waals surface area contributed by atoms with E-state index in [1.54, 1.807) is 24.4 Å². The first-order chi connectivity index (χ1) is 26.9. The number of pyridine rings is 1. The number of imidazole rings is 1. The number of aromatic nitrogens is 3. The zero-order chi connectivity index (χ0) is 38.0. The van der Waals surface area contributed by atoms with E-state index in [9.17, 15) is 9.59 Å². The van der Waals surface area contributed by atoms with Gasteiger partial charge in [0.1, 0.15) is 0 Å². The van der Waals surface area contributed by atoms with Crippen LogP contribution in [0.1, 0.15) is 37.4 Å². The number of benzene rings is 5. The van der Waals surface area contributed by atoms with Gasteiger partial charge in [0.15, 0.2) is 11.5 Å². The SMILES string of the molecule is COc1cc(NC(=O)c2cnc3ccccc3c2)c(C(=O)Nc2ccc(CCN(CCc3ccccc3)Cc3cccc(-n4ccnc4)c3)cc2)cc1OC. The van der Waals surface area contributed by atoms with Crippen LogP contribution in [-0.4, -0.2) is 58.6 Å². The van der Waals surface area contributed by atoms with Crippen LogP contribution >= 0.6 is 0 Å². The van der Waals surface area contributed by atoms with Gasteiger partial charge in [-0.3, -0.25) is 19.5 Å². The first kappa shape index (κ1) is 36.6. The van der Waals surface area contributed by atoms with Crippen molar-refractivity contribution in [3.05, 3.63) is 174 Å². The Bertz CT molecular complexity index is 2380. The van der Waals surface area contributed by atoms with E-state index in [1.807, 2.05) is 71.7 Å². The molecule has 0 aliphatic heterocycles. The Hall–Kier alpha value is -6.78. The van der Waals surface area contributed by atoms with Crippen LogP contribution < -0.4 is 20.1 Å². The number of para-hydroxylation sites is 1. The fraction of sp³-hybridized carbons (Fsp3) is 0.156. The van der Waals surface area contributed by atoms with Crippen molar-refractivity contribution in [1.29, 1.82) is 0 Å². The second-order valence-corrected chi connectivity index (χ2v) is 13.2. The van der Waals surface area contributed by atoms with Crippen LogP contribution in [-0.2, 0) is 19.4 Å². The molecule has 0 unspecified atom stereocenters. The van der Waals surface area contributed by atoms with E-state index in [0.717, 1.165) is 54.6 Å². The number of anilines is 2. The van der Waals surface area contributed by atoms with Gasteiger partial charge in [-0.25, -0.2) is 4.98 Å². The van der Waals surface area contributed by atoms with Crippen LogP contribution in [0.5, 0.6) is 11.5 Å². The predicted octanol–water partition coefficient (Wildman–Crippen LogP) is 8.23. The Balaban J connectivity index is 1.04. The maximum atomic E-state index is 13.8. The first-order valence-electron chi connectivity index (χ1n) is 18.1. The fourth-order valence-electron chi connectivity index (χ4n) is 6.49. The third kappa shape index (κ3) is 9.24. The summed E-state index contributed by atoms with van der Waals surface area (Å²) >= 11 is 0. The largest absolute Gasteiger partial charge is 0.493 e. The Kier molecular flexibility index (Phi) is 11.5. The summed E-state index contributed by atoms with van der Waals surface area (Å²) in [5.41, 5.74) is 7.03. The lowest BCUT2D eigenvalue weighted by Crippen LogP contribution is -2.28. The molecule has 55 heavy (non-hydrogen) atoms. The molecule has 0 saturated carbocycles. The minimum atomic E-state index is -0.411. The number of methoxy groups -OCH3 is 2. The highest BCUT2D eigenvalue weighted by Gasteiger charge is 2.20. The number of ether oxygens (including phenoxy) is 2. The standard InChI is InChI=1S/C45H42N6O4/c1-54-42-27-39(41(28-43(42)55-2)49-44(52)36-26-35-12-6-7-14-40(35)47-29-36)45(53)48-37-17-15-33(16-18-37)20-23-50(22-19-32-9-4-3-5-10-32)30-34-11-8-13-38(25-34)51-24-21-46-31-51/h3-18,21,24-29,31H,19-20,22-23,30H2,1-2H3,(H,48,53)(H,49,52). The summed E-state index contributed by atoms with van der Waals surface area (Å²) in [6, 6.07) is 39.5. The van der Waals surface area contributed by atoms with Crippen molar-refractivity contribution in [2.75, 3.05) is 37.9 Å². The van der Waals surface area contributed by atoms with Crippen molar-refractivity contribution in [2.45, 2.75) is 19.4 Å². The average molecular weight is 731 g/mol. The van der Waals surface area contributed by atoms with Crippen molar-refractivity contribution in [2.24, 2.45) is 0 Å². The molecule has 0 aliphatic carbocycles. The Morgan fingerprint density at radius 1 is 0.709 bits per heavy atom. The summed E-state index contributed by atoms with van der Waals surface area (Å²) in [6.45, 7) is 2.58. The molecule has 0 spiro atoms. The lowest BCUT2D eigenvalue weighted by atomic mass is 10.1. The van der Waals surface area contributed by atoms with Crippen LogP contribution in [0.4, 0.5) is 11.4 Å². The molecule has 10 nitrogen and oxygen atoms in total. The summed E-state index contributed by atoms with van der Waals surface area (Å²) in [6.07, 6.45) is 8.85. The van der Waals surface area contributed by atoms with Gasteiger partial charge in [-0.05, 0) is 72.0 Å². The lowest BCUT2D eigenvalue weighted by molar-refractivity contribution is 0.102. The summed E-state index contributed by atoms with van der Waals surface area (Å²) in [7, 11) is 3.00. The first-order valence-corrected chi connectivity index (χ1v) is 18.1. The van der Waals surface area contributed by atoms with Crippen molar-refractivity contribution in [1.82, 2.24) is 19.4 Å². The van der Waals surface area contributed by atoms with Crippen molar-refractivity contribution >= 4 is 34.1 Å². The third-order valence-corrected chi connectivity index (χ3v) is 9.48. The monoisotopic (exact) mass is 730 g/mol. The average Bonchev–Trinajstić information content (AvgIpc) is 3.78. The number of carbonyl (C=O) groups is 2. The van der Waals surface area contributed by atoms with Gasteiger partial charge in [0.05, 0.1) is 42.9 Å². The van der Waals surface area contributed by atoms with Gasteiger partial charge in [0.2, 0.25) is 0 Å². The van der Waals surface area contributed by atoms with Crippen molar-refractivity contribution in [3.63, 3.8) is 0 Å². The second-order valence-electron chi connectivity index (χ2n) is 13.2. The summed E-state index contributed by atoms with van der Waals surface area (Å²) in [5.74, 6) is -0.0871. The van der Waals surface area contributed by atoms with E-state index in [-0.39, 0.29) is 11.3 Å². The summed E-state index contributed by atoms with van der Waals surface area (Å²) in [5, 5.41) is 6.71. The van der Waals surface area contributed by atoms with Gasteiger partial charge < -0.3 is 24.7 Å². The molecule has 7 rings (SSSR count). The maximum Gasteiger partial charge on any atom is 0.257 e. The Labute approximate surface area is 320 Å². The highest BCUT2D eigenvalue weighted by Crippen LogP contribution is 2.34. The van der Waals surface area contributed by atoms with Gasteiger partial charge in [-0.2, -0.15) is 0 Å². The number of hydrogen-bond acceptors (Lipinski definition) is 7. The molecule has 0 aliphatic rings. The highest BCUT2D eigenvalue weighted by atomic mass is 16.5. The molecule has 0 atom stereocenters. The predicted molar refractivity (Wildman–Crippen MR) is 216 cm³/mol. The number of hydrogen-bond donors (Lipinski definition) is 2. The number of nitrogens with zero attached hydrogens (tertiary/aromatic N) is 4. The van der Waals surface area contributed by atoms with E-state index in [0.29, 0.717) is 22.7 Å². The fourth-order valence-corrected chi connectivity index (χ4v) is 6.49. The molecule has 2 heterocycles. The zero-order valence-corrected chi connectivity index (χ0v) is 30.8. The molecule has 5 aromatic carbocycles. The third-order valence-electron chi connectivity index (χ3n) is 9.48. The van der Waals surface area contributed by atoms with Crippen LogP contribution in [0, 0.1) is 0 Å². The highest BCUT2D eigenvalue weighted by molar-refractivity contribution is 6.13. The molecular weight excluding hydrogens is 689 g/mol. The summed E-state index contributed by atoms with van der Waals surface area (Å²) < 4.78 is 13.0. The smallest absolute Gasteiger partial charge is 0.257 e. The molecular formula is C45H42N6O4. The Morgan fingerprint density at radius 2 is 1.42 bits per heavy atom. The molecule has 2 N–H and O–H groups in total. The number of amides is 2. The molecule has 2 aromatic heterocycles. The molecule has 276 valence electrons. The topological polar surface area (TPSA) is 111 Å². The van der Waals surface area contributed by atoms with E-state index >= 15 is 0 Å². The molecule has 0 radical (unpaired) electrons. The van der Waals surface area contributed by atoms with E-state index in [2.05, 4.69) is 74.0 Å². The molecule has 10 heteroatoms. The minimum absolute atomic E-state index is 0.218. The summed E-state index contributed by atoms with van der Waals surface area (Å²) in [4.78, 5) is 38.3. The van der Waals surface area contributed by atoms with Crippen molar-refractivity contribution < 1.29 is 19.1 Å². The molecule has 0 saturated heterocycles. The normalized spacial score (nSPS) is 11.0. The number of rotatable bonds is 15. The van der Waals surface area contributed by atoms with E-state index in [4.69, 9.17) is 9.47 Å². The second kappa shape index (κ2) is 17.4. The molecule has 2 amide bonds. The molecule has 7 aromatic rings. The quantitative estimate of drug-likeness (QED) is 0.109. The van der Waals surface area contributed by atoms with Gasteiger partial charge >= 0.3 is 0 Å². The van der Waals surface area contributed by atoms with Crippen LogP contribution in [0.15, 0.2) is 146 Å². The van der Waals surface area contributed by atoms with Gasteiger partial charge in [-0.1, -0.05) is 72.8 Å². The van der Waals surface area contributed by atoms with Gasteiger partial charge in [-0.15, -0.1) is 0 Å². The number of carbonyl (C=O) groups excluding carboxylic acids is 2. The molecule has 0 bridgehead atoms. The lowest BCUT2D eigenvalue weighted by Gasteiger charge is -2.23. The zero-order valence-electron chi connectivity index (χ0n) is 30.8. The number of nitrogens with one attached hydrogen (secondary N) is 2. The van der Waals surface area contributed by atoms with E-state index < -0.39 is 11.8 Å². The van der Waals surface area contributed by atoms with Gasteiger partial charge in [0, 0.05) is 61.1 Å². The van der Waals surface area contributed by atoms with E-state index in [1.165, 1.54) is 31.5 Å². The van der Waals surface area contributed by atoms with Crippen LogP contribution in [0.3, 0.4) is 0 Å². The van der Waals surface area contributed by atoms with Crippen LogP contribution in [0.2, 0.25) is 0 Å².